The maximum Gasteiger partial charge on any atom is 0.189 e. The van der Waals surface area contributed by atoms with E-state index in [-0.39, 0.29) is 6.04 Å². The Morgan fingerprint density at radius 2 is 0.909 bits per heavy atom. The lowest BCUT2D eigenvalue weighted by molar-refractivity contribution is 0.315. The number of phenols is 2. The van der Waals surface area contributed by atoms with E-state index in [0.717, 1.165) is 69.5 Å². The number of nitrogens with zero attached hydrogens (tertiary/aromatic N) is 1. The normalized spacial score (nSPS) is 14.8. The van der Waals surface area contributed by atoms with Crippen molar-refractivity contribution in [3.63, 3.8) is 0 Å². The summed E-state index contributed by atoms with van der Waals surface area (Å²) in [7, 11) is 2.44. The molecule has 0 saturated heterocycles. The molecule has 0 aliphatic carbocycles. The van der Waals surface area contributed by atoms with Crippen molar-refractivity contribution >= 4 is 33.3 Å². The van der Waals surface area contributed by atoms with E-state index in [1.807, 2.05) is 40.4 Å². The van der Waals surface area contributed by atoms with Gasteiger partial charge in [0.1, 0.15) is 11.5 Å². The molecule has 77 heavy (non-hydrogen) atoms. The third-order valence-corrected chi connectivity index (χ3v) is 34.7. The van der Waals surface area contributed by atoms with Crippen LogP contribution in [0.25, 0.3) is 0 Å². The molecule has 13 heteroatoms. The molecule has 5 atom stereocenters. The molecule has 0 fully saturated rings. The molecule has 0 aromatic heterocycles. The fraction of sp³-hybridized carbons (Fsp3) is 0.812. The Morgan fingerprint density at radius 1 is 0.494 bits per heavy atom. The zero-order valence-electron chi connectivity index (χ0n) is 53.3. The Morgan fingerprint density at radius 3 is 1.34 bits per heavy atom. The van der Waals surface area contributed by atoms with Crippen LogP contribution in [0.1, 0.15) is 203 Å². The fourth-order valence-corrected chi connectivity index (χ4v) is 27.1. The molecular weight excluding hydrogens is 1020 g/mol. The van der Waals surface area contributed by atoms with Crippen LogP contribution < -0.4 is 16.0 Å². The van der Waals surface area contributed by atoms with Crippen LogP contribution in [0.2, 0.25) is 74.5 Å². The van der Waals surface area contributed by atoms with E-state index in [1.165, 1.54) is 152 Å². The van der Waals surface area contributed by atoms with E-state index in [1.54, 1.807) is 0 Å². The Hall–Kier alpha value is -1.37. The molecule has 0 saturated carbocycles. The van der Waals surface area contributed by atoms with Gasteiger partial charge in [-0.05, 0) is 191 Å². The molecule has 448 valence electrons. The number of unbranched alkanes of at least 4 members (excludes halogenated alkanes) is 10. The maximum atomic E-state index is 10.8. The van der Waals surface area contributed by atoms with Crippen LogP contribution >= 0.6 is 0 Å². The molecule has 0 aliphatic heterocycles. The minimum atomic E-state index is -2.00. The monoisotopic (exact) mass is 1140 g/mol. The third kappa shape index (κ3) is 28.5. The smallest absolute Gasteiger partial charge is 0.189 e. The molecule has 9 nitrogen and oxygen atoms in total. The van der Waals surface area contributed by atoms with E-state index in [2.05, 4.69) is 125 Å². The van der Waals surface area contributed by atoms with Crippen molar-refractivity contribution < 1.29 is 23.2 Å². The summed E-state index contributed by atoms with van der Waals surface area (Å²) in [6.07, 6.45) is 32.3. The fourth-order valence-electron chi connectivity index (χ4n) is 12.5. The second-order valence-electron chi connectivity index (χ2n) is 25.9. The van der Waals surface area contributed by atoms with Crippen molar-refractivity contribution in [2.45, 2.75) is 275 Å². The average Bonchev–Trinajstić information content (AvgIpc) is 3.37. The summed E-state index contributed by atoms with van der Waals surface area (Å²) in [5, 5.41) is 31.5. The highest BCUT2D eigenvalue weighted by molar-refractivity contribution is 6.86. The van der Waals surface area contributed by atoms with Crippen molar-refractivity contribution in [3.05, 3.63) is 58.7 Å². The lowest BCUT2D eigenvalue weighted by Gasteiger charge is -2.44. The van der Waals surface area contributed by atoms with Crippen LogP contribution in [0.4, 0.5) is 0 Å². The number of nitrogens with one attached hydrogen (secondary N) is 3. The van der Waals surface area contributed by atoms with Crippen LogP contribution in [0.3, 0.4) is 0 Å². The number of aromatic hydroxyl groups is 2. The number of phenolic OH excluding ortho intramolecular Hbond substituents is 2. The highest BCUT2D eigenvalue weighted by Gasteiger charge is 2.44. The van der Waals surface area contributed by atoms with Crippen LogP contribution in [-0.4, -0.2) is 110 Å². The summed E-state index contributed by atoms with van der Waals surface area (Å²) in [4.78, 5) is 2.29. The predicted molar refractivity (Wildman–Crippen MR) is 346 cm³/mol. The molecule has 2 aromatic carbocycles. The van der Waals surface area contributed by atoms with E-state index >= 15 is 0 Å². The number of hydrogen-bond donors (Lipinski definition) is 5. The minimum Gasteiger partial charge on any atom is -0.508 e. The molecule has 2 aromatic rings. The van der Waals surface area contributed by atoms with Crippen molar-refractivity contribution in [2.75, 3.05) is 61.5 Å². The lowest BCUT2D eigenvalue weighted by Crippen LogP contribution is -2.50. The maximum absolute atomic E-state index is 10.8. The Bertz CT molecular complexity index is 1820. The molecular formula is C64H126N4O5Si4. The van der Waals surface area contributed by atoms with Gasteiger partial charge in [0.25, 0.3) is 0 Å². The van der Waals surface area contributed by atoms with Gasteiger partial charge in [-0.25, -0.2) is 0 Å². The molecule has 5 unspecified atom stereocenters. The molecule has 0 amide bonds. The minimum absolute atomic E-state index is 0.149. The third-order valence-electron chi connectivity index (χ3n) is 18.2. The van der Waals surface area contributed by atoms with Gasteiger partial charge in [0.15, 0.2) is 33.3 Å². The molecule has 2 rings (SSSR count). The Kier molecular flexibility index (Phi) is 36.5. The van der Waals surface area contributed by atoms with E-state index in [0.29, 0.717) is 33.7 Å². The summed E-state index contributed by atoms with van der Waals surface area (Å²) >= 11 is 0. The number of benzene rings is 2. The number of aryl methyl sites for hydroxylation is 2. The van der Waals surface area contributed by atoms with Crippen LogP contribution in [0.5, 0.6) is 11.5 Å². The van der Waals surface area contributed by atoms with Crippen LogP contribution in [-0.2, 0) is 32.4 Å². The summed E-state index contributed by atoms with van der Waals surface area (Å²) in [6.45, 7) is 31.9. The SMILES string of the molecule is CCCC(CCC(CCCCCCCCc1ccc(CN(C)CCCNC)c(O)c1)[Si](C)(C)OC)[Si](C)(C)O[Si](C)(C)C(CCC)CCC(CCCCCCCCc1ccc(C(C)NCCCNC)c(O)c1)[Si](C)(C)OC. The molecule has 5 N–H and O–H groups in total. The number of rotatable bonds is 48. The van der Waals surface area contributed by atoms with Crippen LogP contribution in [0.15, 0.2) is 36.4 Å². The quantitative estimate of drug-likeness (QED) is 0.0327. The average molecular weight is 1140 g/mol. The standard InChI is InChI=1S/C64H126N4O5Si4/c1-17-33-58(42-44-60(74(9,10)71-7)37-29-25-21-19-23-27-35-55-39-41-57(63(69)51-55)53-68(6)50-32-48-66-5)76(13,14)73-77(15,16)59(34-18-2)43-45-61(75(11,12)72-8)38-30-26-22-20-24-28-36-56-40-46-62(64(70)52-56)54(3)67-49-31-47-65-4/h39-41,46,51-52,54,58-61,65-67,69-70H,17-38,42-45,47-50,53H2,1-16H3. The highest BCUT2D eigenvalue weighted by Crippen LogP contribution is 2.45. The van der Waals surface area contributed by atoms with Crippen molar-refractivity contribution in [1.29, 1.82) is 0 Å². The van der Waals surface area contributed by atoms with Crippen molar-refractivity contribution in [3.8, 4) is 11.5 Å². The van der Waals surface area contributed by atoms with Gasteiger partial charge in [-0.2, -0.15) is 0 Å². The van der Waals surface area contributed by atoms with Gasteiger partial charge in [0.05, 0.1) is 0 Å². The van der Waals surface area contributed by atoms with E-state index in [9.17, 15) is 10.2 Å². The first-order valence-electron chi connectivity index (χ1n) is 31.7. The Labute approximate surface area is 481 Å². The first-order valence-corrected chi connectivity index (χ1v) is 43.7. The molecule has 0 heterocycles. The first-order chi connectivity index (χ1) is 36.6. The summed E-state index contributed by atoms with van der Waals surface area (Å²) in [5.74, 6) is 0.872. The molecule has 0 radical (unpaired) electrons. The van der Waals surface area contributed by atoms with Gasteiger partial charge in [0.2, 0.25) is 0 Å². The zero-order valence-corrected chi connectivity index (χ0v) is 57.3. The second-order valence-corrected chi connectivity index (χ2v) is 43.7. The predicted octanol–water partition coefficient (Wildman–Crippen LogP) is 17.4. The summed E-state index contributed by atoms with van der Waals surface area (Å²) in [6, 6.07) is 12.8. The molecule has 0 aliphatic rings. The zero-order chi connectivity index (χ0) is 57.3. The second kappa shape index (κ2) is 39.2. The van der Waals surface area contributed by atoms with Gasteiger partial charge in [-0.1, -0.05) is 167 Å². The van der Waals surface area contributed by atoms with Crippen LogP contribution in [0, 0.1) is 0 Å². The lowest BCUT2D eigenvalue weighted by atomic mass is 10.00. The van der Waals surface area contributed by atoms with Gasteiger partial charge < -0.3 is 44.0 Å². The van der Waals surface area contributed by atoms with Gasteiger partial charge in [-0.15, -0.1) is 0 Å². The van der Waals surface area contributed by atoms with Gasteiger partial charge in [0, 0.05) is 37.9 Å². The Balaban J connectivity index is 1.88. The summed E-state index contributed by atoms with van der Waals surface area (Å²) < 4.78 is 20.5. The molecule has 0 spiro atoms. The topological polar surface area (TPSA) is 107 Å². The number of hydrogen-bond acceptors (Lipinski definition) is 9. The van der Waals surface area contributed by atoms with E-state index < -0.39 is 33.3 Å². The van der Waals surface area contributed by atoms with Crippen molar-refractivity contribution in [2.24, 2.45) is 0 Å². The van der Waals surface area contributed by atoms with Gasteiger partial charge in [-0.3, -0.25) is 0 Å². The van der Waals surface area contributed by atoms with Gasteiger partial charge >= 0.3 is 0 Å². The largest absolute Gasteiger partial charge is 0.508 e. The first kappa shape index (κ1) is 71.7. The van der Waals surface area contributed by atoms with Crippen molar-refractivity contribution in [1.82, 2.24) is 20.9 Å². The summed E-state index contributed by atoms with van der Waals surface area (Å²) in [5.41, 5.74) is 7.25. The van der Waals surface area contributed by atoms with E-state index in [4.69, 9.17) is 13.0 Å². The molecule has 0 bridgehead atoms. The highest BCUT2D eigenvalue weighted by atomic mass is 28.4.